The highest BCUT2D eigenvalue weighted by atomic mass is 32.1. The van der Waals surface area contributed by atoms with Crippen molar-refractivity contribution in [2.45, 2.75) is 25.4 Å². The van der Waals surface area contributed by atoms with Crippen molar-refractivity contribution in [2.24, 2.45) is 0 Å². The van der Waals surface area contributed by atoms with E-state index in [4.69, 9.17) is 0 Å². The summed E-state index contributed by atoms with van der Waals surface area (Å²) in [4.78, 5) is 30.0. The molecule has 1 amide bonds. The minimum absolute atomic E-state index is 0.169. The van der Waals surface area contributed by atoms with Gasteiger partial charge < -0.3 is 9.88 Å². The van der Waals surface area contributed by atoms with Crippen molar-refractivity contribution in [1.29, 1.82) is 0 Å². The first-order valence-electron chi connectivity index (χ1n) is 6.26. The molecule has 19 heavy (non-hydrogen) atoms. The highest BCUT2D eigenvalue weighted by molar-refractivity contribution is 7.09. The van der Waals surface area contributed by atoms with E-state index in [2.05, 4.69) is 4.98 Å². The topological polar surface area (TPSA) is 53.2 Å². The van der Waals surface area contributed by atoms with E-state index < -0.39 is 0 Å². The lowest BCUT2D eigenvalue weighted by Gasteiger charge is -2.21. The summed E-state index contributed by atoms with van der Waals surface area (Å²) in [6.07, 6.45) is 5.10. The molecule has 1 N–H and O–H groups in total. The van der Waals surface area contributed by atoms with Gasteiger partial charge in [-0.2, -0.15) is 0 Å². The number of hydrogen-bond donors (Lipinski definition) is 1. The summed E-state index contributed by atoms with van der Waals surface area (Å²) in [5, 5.41) is 2.00. The number of aromatic nitrogens is 1. The predicted molar refractivity (Wildman–Crippen MR) is 74.3 cm³/mol. The number of thiophene rings is 1. The third kappa shape index (κ3) is 2.61. The molecule has 1 aliphatic carbocycles. The molecule has 0 bridgehead atoms. The van der Waals surface area contributed by atoms with Crippen LogP contribution < -0.4 is 5.43 Å². The fraction of sp³-hybridized carbons (Fsp3) is 0.286. The van der Waals surface area contributed by atoms with Gasteiger partial charge in [0.05, 0.1) is 6.54 Å². The summed E-state index contributed by atoms with van der Waals surface area (Å²) in [7, 11) is 0. The number of H-pyrrole nitrogens is 1. The first-order chi connectivity index (χ1) is 9.25. The number of pyridine rings is 1. The molecule has 0 aliphatic heterocycles. The number of amides is 1. The number of carbonyl (C=O) groups excluding carboxylic acids is 1. The number of nitrogens with one attached hydrogen (secondary N) is 1. The third-order valence-corrected chi connectivity index (χ3v) is 4.07. The number of aromatic amines is 1. The molecule has 98 valence electrons. The molecule has 0 aromatic carbocycles. The maximum absolute atomic E-state index is 12.5. The minimum atomic E-state index is -0.222. The molecule has 4 nitrogen and oxygen atoms in total. The van der Waals surface area contributed by atoms with Crippen molar-refractivity contribution in [3.8, 4) is 0 Å². The van der Waals surface area contributed by atoms with Crippen molar-refractivity contribution in [3.63, 3.8) is 0 Å². The summed E-state index contributed by atoms with van der Waals surface area (Å²) < 4.78 is 0. The van der Waals surface area contributed by atoms with Crippen LogP contribution in [-0.2, 0) is 6.54 Å². The van der Waals surface area contributed by atoms with Crippen LogP contribution in [0.25, 0.3) is 0 Å². The minimum Gasteiger partial charge on any atom is -0.367 e. The molecule has 5 heteroatoms. The largest absolute Gasteiger partial charge is 0.367 e. The Morgan fingerprint density at radius 1 is 1.42 bits per heavy atom. The summed E-state index contributed by atoms with van der Waals surface area (Å²) in [6, 6.07) is 5.67. The number of nitrogens with zero attached hydrogens (tertiary/aromatic N) is 1. The molecule has 1 saturated carbocycles. The summed E-state index contributed by atoms with van der Waals surface area (Å²) in [5.41, 5.74) is 0.00605. The molecule has 2 aromatic heterocycles. The summed E-state index contributed by atoms with van der Waals surface area (Å²) in [6.45, 7) is 0.593. The maximum Gasteiger partial charge on any atom is 0.259 e. The van der Waals surface area contributed by atoms with Crippen molar-refractivity contribution in [1.82, 2.24) is 9.88 Å². The molecule has 0 radical (unpaired) electrons. The lowest BCUT2D eigenvalue weighted by Crippen LogP contribution is -2.35. The molecule has 0 unspecified atom stereocenters. The van der Waals surface area contributed by atoms with Crippen LogP contribution in [0.1, 0.15) is 28.1 Å². The van der Waals surface area contributed by atoms with Crippen LogP contribution in [0.2, 0.25) is 0 Å². The molecule has 0 atom stereocenters. The smallest absolute Gasteiger partial charge is 0.259 e. The van der Waals surface area contributed by atoms with Gasteiger partial charge in [-0.3, -0.25) is 9.59 Å². The number of hydrogen-bond acceptors (Lipinski definition) is 3. The Hall–Kier alpha value is -1.88. The number of carbonyl (C=O) groups is 1. The summed E-state index contributed by atoms with van der Waals surface area (Å²) >= 11 is 1.63. The van der Waals surface area contributed by atoms with Gasteiger partial charge in [0.1, 0.15) is 5.56 Å². The van der Waals surface area contributed by atoms with Gasteiger partial charge in [0.2, 0.25) is 0 Å². The van der Waals surface area contributed by atoms with Gasteiger partial charge in [0, 0.05) is 29.4 Å². The Morgan fingerprint density at radius 3 is 2.89 bits per heavy atom. The van der Waals surface area contributed by atoms with E-state index in [0.29, 0.717) is 6.54 Å². The summed E-state index contributed by atoms with van der Waals surface area (Å²) in [5.74, 6) is -0.169. The second-order valence-electron chi connectivity index (χ2n) is 4.67. The van der Waals surface area contributed by atoms with Crippen LogP contribution in [0, 0.1) is 0 Å². The van der Waals surface area contributed by atoms with Crippen LogP contribution >= 0.6 is 11.3 Å². The first-order valence-corrected chi connectivity index (χ1v) is 7.14. The lowest BCUT2D eigenvalue weighted by molar-refractivity contribution is 0.0730. The Bertz CT molecular complexity index is 629. The van der Waals surface area contributed by atoms with E-state index >= 15 is 0 Å². The van der Waals surface area contributed by atoms with Crippen LogP contribution in [0.15, 0.2) is 40.8 Å². The van der Waals surface area contributed by atoms with Gasteiger partial charge in [-0.05, 0) is 24.3 Å². The molecule has 0 spiro atoms. The fourth-order valence-electron chi connectivity index (χ4n) is 2.06. The zero-order valence-electron chi connectivity index (χ0n) is 10.3. The van der Waals surface area contributed by atoms with Gasteiger partial charge >= 0.3 is 0 Å². The molecule has 2 heterocycles. The normalized spacial score (nSPS) is 14.3. The van der Waals surface area contributed by atoms with Crippen LogP contribution in [0.4, 0.5) is 0 Å². The quantitative estimate of drug-likeness (QED) is 0.929. The standard InChI is InChI=1S/C14H14N2O2S/c17-13-5-6-15-8-12(13)14(18)16(10-3-4-10)9-11-2-1-7-19-11/h1-2,5-8,10H,3-4,9H2,(H,15,17). The van der Waals surface area contributed by atoms with Crippen molar-refractivity contribution in [3.05, 3.63) is 56.6 Å². The van der Waals surface area contributed by atoms with Crippen LogP contribution in [0.3, 0.4) is 0 Å². The van der Waals surface area contributed by atoms with E-state index in [1.165, 1.54) is 12.3 Å². The van der Waals surface area contributed by atoms with E-state index in [-0.39, 0.29) is 22.9 Å². The molecule has 1 aliphatic rings. The second kappa shape index (κ2) is 5.01. The van der Waals surface area contributed by atoms with Crippen molar-refractivity contribution >= 4 is 17.2 Å². The SMILES string of the molecule is O=C(c1c[nH]ccc1=O)N(Cc1cccs1)C1CC1. The van der Waals surface area contributed by atoms with Gasteiger partial charge in [0.25, 0.3) is 5.91 Å². The highest BCUT2D eigenvalue weighted by Gasteiger charge is 2.33. The van der Waals surface area contributed by atoms with E-state index in [1.54, 1.807) is 17.5 Å². The fourth-order valence-corrected chi connectivity index (χ4v) is 2.76. The number of rotatable bonds is 4. The molecular weight excluding hydrogens is 260 g/mol. The molecular formula is C14H14N2O2S. The van der Waals surface area contributed by atoms with E-state index in [0.717, 1.165) is 17.7 Å². The zero-order chi connectivity index (χ0) is 13.2. The Labute approximate surface area is 114 Å². The van der Waals surface area contributed by atoms with Gasteiger partial charge in [-0.1, -0.05) is 6.07 Å². The molecule has 1 fully saturated rings. The average molecular weight is 274 g/mol. The van der Waals surface area contributed by atoms with Crippen LogP contribution in [-0.4, -0.2) is 21.8 Å². The van der Waals surface area contributed by atoms with Gasteiger partial charge in [-0.15, -0.1) is 11.3 Å². The lowest BCUT2D eigenvalue weighted by atomic mass is 10.2. The predicted octanol–water partition coefficient (Wildman–Crippen LogP) is 2.24. The van der Waals surface area contributed by atoms with Gasteiger partial charge in [0.15, 0.2) is 5.43 Å². The maximum atomic E-state index is 12.5. The van der Waals surface area contributed by atoms with Gasteiger partial charge in [-0.25, -0.2) is 0 Å². The monoisotopic (exact) mass is 274 g/mol. The Balaban J connectivity index is 1.86. The molecule has 2 aromatic rings. The highest BCUT2D eigenvalue weighted by Crippen LogP contribution is 2.30. The van der Waals surface area contributed by atoms with Crippen molar-refractivity contribution < 1.29 is 4.79 Å². The first kappa shape index (κ1) is 12.2. The average Bonchev–Trinajstić information content (AvgIpc) is 3.13. The molecule has 3 rings (SSSR count). The Morgan fingerprint density at radius 2 is 2.26 bits per heavy atom. The van der Waals surface area contributed by atoms with Crippen LogP contribution in [0.5, 0.6) is 0 Å². The molecule has 0 saturated heterocycles. The van der Waals surface area contributed by atoms with Crippen molar-refractivity contribution in [2.75, 3.05) is 0 Å². The Kier molecular flexibility index (Phi) is 3.21. The third-order valence-electron chi connectivity index (χ3n) is 3.21. The zero-order valence-corrected chi connectivity index (χ0v) is 11.2. The second-order valence-corrected chi connectivity index (χ2v) is 5.70. The van der Waals surface area contributed by atoms with E-state index in [9.17, 15) is 9.59 Å². The van der Waals surface area contributed by atoms with E-state index in [1.807, 2.05) is 22.4 Å².